The van der Waals surface area contributed by atoms with Gasteiger partial charge in [0.2, 0.25) is 0 Å². The van der Waals surface area contributed by atoms with Gasteiger partial charge in [0.25, 0.3) is 0 Å². The number of hydrogen-bond acceptors (Lipinski definition) is 4. The molecule has 0 aliphatic heterocycles. The number of rotatable bonds is 6. The fraction of sp³-hybridized carbons (Fsp3) is 0.182. The van der Waals surface area contributed by atoms with Gasteiger partial charge in [-0.15, -0.1) is 0 Å². The Balaban J connectivity index is 0.000000500. The van der Waals surface area contributed by atoms with Crippen molar-refractivity contribution in [2.75, 3.05) is 6.16 Å². The molecule has 0 atom stereocenters. The number of benzene rings is 3. The molecule has 0 heterocycles. The van der Waals surface area contributed by atoms with Crippen molar-refractivity contribution >= 4 is 23.2 Å². The summed E-state index contributed by atoms with van der Waals surface area (Å²) in [6, 6.07) is 33.4. The van der Waals surface area contributed by atoms with Gasteiger partial charge < -0.3 is 0 Å². The zero-order valence-corrected chi connectivity index (χ0v) is 17.8. The summed E-state index contributed by atoms with van der Waals surface area (Å²) in [6.45, 7) is 2.29. The molecule has 0 saturated carbocycles. The molecule has 0 unspecified atom stereocenters. The first kappa shape index (κ1) is 22.3. The molecular formula is C22H24MnO4P. The first-order chi connectivity index (χ1) is 13.4. The summed E-state index contributed by atoms with van der Waals surface area (Å²) in [7, 11) is -1.57. The molecule has 3 aromatic carbocycles. The molecule has 0 bridgehead atoms. The second-order valence-electron chi connectivity index (χ2n) is 6.27. The van der Waals surface area contributed by atoms with Crippen LogP contribution in [0.25, 0.3) is 0 Å². The monoisotopic (exact) mass is 438 g/mol. The van der Waals surface area contributed by atoms with Gasteiger partial charge in [0, 0.05) is 0 Å². The third-order valence-electron chi connectivity index (χ3n) is 4.44. The summed E-state index contributed by atoms with van der Waals surface area (Å²) in [5, 5.41) is 4.47. The summed E-state index contributed by atoms with van der Waals surface area (Å²) in [5.74, 6) is 0. The molecule has 28 heavy (non-hydrogen) atoms. The van der Waals surface area contributed by atoms with Crippen molar-refractivity contribution in [2.45, 2.75) is 19.8 Å². The topological polar surface area (TPSA) is 74.3 Å². The van der Waals surface area contributed by atoms with E-state index in [4.69, 9.17) is 15.7 Å². The normalized spacial score (nSPS) is 11.4. The van der Waals surface area contributed by atoms with Crippen molar-refractivity contribution in [2.24, 2.45) is 0 Å². The van der Waals surface area contributed by atoms with Gasteiger partial charge in [-0.05, 0) is 42.8 Å². The summed E-state index contributed by atoms with van der Waals surface area (Å²) in [5.41, 5.74) is 0. The predicted molar refractivity (Wildman–Crippen MR) is 107 cm³/mol. The van der Waals surface area contributed by atoms with Crippen molar-refractivity contribution in [3.8, 4) is 0 Å². The van der Waals surface area contributed by atoms with Crippen molar-refractivity contribution in [3.05, 3.63) is 91.0 Å². The number of hydrogen-bond donors (Lipinski definition) is 0. The Morgan fingerprint density at radius 1 is 0.679 bits per heavy atom. The van der Waals surface area contributed by atoms with Gasteiger partial charge in [-0.25, -0.2) is 0 Å². The molecule has 3 aromatic rings. The van der Waals surface area contributed by atoms with Crippen LogP contribution in [-0.2, 0) is 24.5 Å². The second-order valence-corrected chi connectivity index (χ2v) is 11.1. The van der Waals surface area contributed by atoms with Crippen LogP contribution in [0.3, 0.4) is 0 Å². The Hall–Kier alpha value is -2.03. The molecule has 0 radical (unpaired) electrons. The van der Waals surface area contributed by atoms with E-state index in [1.54, 1.807) is 0 Å². The molecule has 0 aliphatic rings. The third kappa shape index (κ3) is 6.25. The van der Waals surface area contributed by atoms with Gasteiger partial charge in [0.05, 0.1) is 6.16 Å². The first-order valence-electron chi connectivity index (χ1n) is 9.04. The van der Waals surface area contributed by atoms with Crippen LogP contribution in [0.1, 0.15) is 19.8 Å². The average Bonchev–Trinajstić information content (AvgIpc) is 2.70. The van der Waals surface area contributed by atoms with E-state index >= 15 is 0 Å². The van der Waals surface area contributed by atoms with Crippen LogP contribution in [-0.4, -0.2) is 6.16 Å². The van der Waals surface area contributed by atoms with Crippen LogP contribution in [0, 0.1) is 0 Å². The fourth-order valence-electron chi connectivity index (χ4n) is 3.28. The molecule has 0 aromatic heterocycles. The third-order valence-corrected chi connectivity index (χ3v) is 8.96. The van der Waals surface area contributed by atoms with E-state index < -0.39 is 20.2 Å². The van der Waals surface area contributed by atoms with Crippen LogP contribution in [0.15, 0.2) is 91.0 Å². The minimum absolute atomic E-state index is 1.23. The molecule has 6 heteroatoms. The summed E-state index contributed by atoms with van der Waals surface area (Å²) < 4.78 is 34.3. The second kappa shape index (κ2) is 10.5. The van der Waals surface area contributed by atoms with Gasteiger partial charge >= 0.3 is 28.7 Å². The zero-order valence-electron chi connectivity index (χ0n) is 15.7. The van der Waals surface area contributed by atoms with Gasteiger partial charge in [0.1, 0.15) is 23.2 Å². The van der Waals surface area contributed by atoms with E-state index in [9.17, 15) is 0 Å². The Kier molecular flexibility index (Phi) is 8.34. The molecule has 4 nitrogen and oxygen atoms in total. The van der Waals surface area contributed by atoms with E-state index in [-0.39, 0.29) is 0 Å². The van der Waals surface area contributed by atoms with Crippen LogP contribution >= 0.6 is 7.26 Å². The van der Waals surface area contributed by atoms with E-state index in [0.717, 1.165) is 0 Å². The van der Waals surface area contributed by atoms with Crippen molar-refractivity contribution in [1.82, 2.24) is 0 Å². The molecule has 0 amide bonds. The summed E-state index contributed by atoms with van der Waals surface area (Å²) in [4.78, 5) is 0. The Bertz CT molecular complexity index is 890. The first-order valence-corrected chi connectivity index (χ1v) is 12.9. The Morgan fingerprint density at radius 2 is 0.964 bits per heavy atom. The zero-order chi connectivity index (χ0) is 20.5. The predicted octanol–water partition coefficient (Wildman–Crippen LogP) is 3.23. The molecule has 3 rings (SSSR count). The maximum atomic E-state index is 8.58. The number of unbranched alkanes of at least 4 members (excludes halogenated alkanes) is 1. The van der Waals surface area contributed by atoms with Crippen LogP contribution in [0.5, 0.6) is 0 Å². The van der Waals surface area contributed by atoms with E-state index in [1.165, 1.54) is 34.9 Å². The van der Waals surface area contributed by atoms with E-state index in [1.807, 2.05) is 0 Å². The van der Waals surface area contributed by atoms with Crippen LogP contribution in [0.4, 0.5) is 0 Å². The molecule has 0 saturated heterocycles. The molecular weight excluding hydrogens is 414 g/mol. The molecule has 0 N–H and O–H groups in total. The van der Waals surface area contributed by atoms with Gasteiger partial charge in [0.15, 0.2) is 0 Å². The standard InChI is InChI=1S/C22H24P.Mn.4O/c1-2-3-19-23(20-13-7-4-8-14-20,21-15-9-5-10-16-21)22-17-11-6-12-18-22;;;;;/h4-18H,2-3,19H2,1H3;;;;;/q+1;;;;;-1. The van der Waals surface area contributed by atoms with Crippen molar-refractivity contribution in [3.63, 3.8) is 0 Å². The van der Waals surface area contributed by atoms with Crippen LogP contribution < -0.4 is 20.1 Å². The van der Waals surface area contributed by atoms with Gasteiger partial charge in [-0.3, -0.25) is 0 Å². The van der Waals surface area contributed by atoms with E-state index in [0.29, 0.717) is 0 Å². The molecule has 0 fully saturated rings. The van der Waals surface area contributed by atoms with Crippen molar-refractivity contribution in [1.29, 1.82) is 0 Å². The van der Waals surface area contributed by atoms with E-state index in [2.05, 4.69) is 97.9 Å². The maximum absolute atomic E-state index is 8.58. The van der Waals surface area contributed by atoms with Crippen molar-refractivity contribution < 1.29 is 28.7 Å². The molecule has 0 spiro atoms. The quantitative estimate of drug-likeness (QED) is 0.438. The summed E-state index contributed by atoms with van der Waals surface area (Å²) in [6.07, 6.45) is 3.72. The SMILES string of the molecule is CCCC[P+](c1ccccc1)(c1ccccc1)c1ccccc1.[O]=[Mn](=[O])(=[O])[O-]. The molecule has 148 valence electrons. The fourth-order valence-corrected chi connectivity index (χ4v) is 7.78. The summed E-state index contributed by atoms with van der Waals surface area (Å²) >= 11 is -5.62. The van der Waals surface area contributed by atoms with Gasteiger partial charge in [-0.2, -0.15) is 0 Å². The minimum atomic E-state index is -5.62. The average molecular weight is 438 g/mol. The van der Waals surface area contributed by atoms with Crippen LogP contribution in [0.2, 0.25) is 0 Å². The van der Waals surface area contributed by atoms with Gasteiger partial charge in [-0.1, -0.05) is 67.9 Å². The Morgan fingerprint density at radius 3 is 1.21 bits per heavy atom. The molecule has 0 aliphatic carbocycles. The Labute approximate surface area is 168 Å².